The third kappa shape index (κ3) is 5.14. The van der Waals surface area contributed by atoms with Crippen LogP contribution in [0.15, 0.2) is 30.3 Å². The zero-order valence-electron chi connectivity index (χ0n) is 14.6. The quantitative estimate of drug-likeness (QED) is 0.756. The maximum Gasteiger partial charge on any atom is 0.153 e. The first-order chi connectivity index (χ1) is 11.8. The van der Waals surface area contributed by atoms with E-state index in [0.29, 0.717) is 5.92 Å². The van der Waals surface area contributed by atoms with E-state index < -0.39 is 0 Å². The minimum Gasteiger partial charge on any atom is -0.377 e. The van der Waals surface area contributed by atoms with Crippen molar-refractivity contribution >= 4 is 0 Å². The van der Waals surface area contributed by atoms with Crippen LogP contribution in [0.4, 0.5) is 0 Å². The summed E-state index contributed by atoms with van der Waals surface area (Å²) in [4.78, 5) is 7.04. The standard InChI is InChI=1S/C19H28N4O/c1-16-20-19(22-21-16)18-9-12-23(13-10-18)11-5-6-14-24-15-17-7-3-2-4-8-17/h2-4,7-8,18H,5-6,9-15H2,1H3,(H,20,21,22). The fourth-order valence-electron chi connectivity index (χ4n) is 3.26. The Balaban J connectivity index is 1.25. The molecule has 0 aliphatic carbocycles. The molecule has 5 nitrogen and oxygen atoms in total. The van der Waals surface area contributed by atoms with E-state index in [1.54, 1.807) is 0 Å². The summed E-state index contributed by atoms with van der Waals surface area (Å²) in [6.45, 7) is 7.02. The van der Waals surface area contributed by atoms with Crippen LogP contribution >= 0.6 is 0 Å². The van der Waals surface area contributed by atoms with Crippen molar-refractivity contribution in [2.24, 2.45) is 0 Å². The normalized spacial score (nSPS) is 16.5. The molecule has 0 atom stereocenters. The predicted molar refractivity (Wildman–Crippen MR) is 94.9 cm³/mol. The Labute approximate surface area is 144 Å². The summed E-state index contributed by atoms with van der Waals surface area (Å²) in [5, 5.41) is 7.27. The van der Waals surface area contributed by atoms with Crippen LogP contribution in [-0.4, -0.2) is 46.3 Å². The van der Waals surface area contributed by atoms with E-state index >= 15 is 0 Å². The summed E-state index contributed by atoms with van der Waals surface area (Å²) >= 11 is 0. The van der Waals surface area contributed by atoms with Crippen LogP contribution in [0.3, 0.4) is 0 Å². The molecule has 0 amide bonds. The highest BCUT2D eigenvalue weighted by Crippen LogP contribution is 2.25. The van der Waals surface area contributed by atoms with E-state index in [1.165, 1.54) is 31.4 Å². The van der Waals surface area contributed by atoms with E-state index in [9.17, 15) is 0 Å². The predicted octanol–water partition coefficient (Wildman–Crippen LogP) is 3.29. The van der Waals surface area contributed by atoms with E-state index in [2.05, 4.69) is 44.3 Å². The number of aromatic nitrogens is 3. The van der Waals surface area contributed by atoms with Gasteiger partial charge in [0.25, 0.3) is 0 Å². The van der Waals surface area contributed by atoms with Gasteiger partial charge in [0.1, 0.15) is 5.82 Å². The molecule has 1 saturated heterocycles. The Morgan fingerprint density at radius 1 is 1.17 bits per heavy atom. The molecule has 0 spiro atoms. The first kappa shape index (κ1) is 17.1. The van der Waals surface area contributed by atoms with Crippen molar-refractivity contribution < 1.29 is 4.74 Å². The van der Waals surface area contributed by atoms with Gasteiger partial charge in [-0.15, -0.1) is 0 Å². The molecule has 0 unspecified atom stereocenters. The average Bonchev–Trinajstić information content (AvgIpc) is 3.06. The number of nitrogens with one attached hydrogen (secondary N) is 1. The van der Waals surface area contributed by atoms with Gasteiger partial charge in [-0.05, 0) is 57.8 Å². The van der Waals surface area contributed by atoms with Gasteiger partial charge in [-0.1, -0.05) is 30.3 Å². The molecular weight excluding hydrogens is 300 g/mol. The molecule has 0 bridgehead atoms. The average molecular weight is 328 g/mol. The number of aryl methyl sites for hydroxylation is 1. The molecule has 1 aliphatic rings. The maximum atomic E-state index is 5.75. The van der Waals surface area contributed by atoms with Gasteiger partial charge in [-0.25, -0.2) is 4.98 Å². The lowest BCUT2D eigenvalue weighted by atomic mass is 9.96. The molecule has 2 heterocycles. The number of unbranched alkanes of at least 4 members (excludes halogenated alkanes) is 1. The van der Waals surface area contributed by atoms with Crippen molar-refractivity contribution in [2.45, 2.75) is 45.1 Å². The van der Waals surface area contributed by atoms with Crippen LogP contribution in [0.5, 0.6) is 0 Å². The first-order valence-corrected chi connectivity index (χ1v) is 9.04. The number of likely N-dealkylation sites (tertiary alicyclic amines) is 1. The Morgan fingerprint density at radius 3 is 2.67 bits per heavy atom. The van der Waals surface area contributed by atoms with Gasteiger partial charge in [-0.3, -0.25) is 5.10 Å². The number of nitrogens with zero attached hydrogens (tertiary/aromatic N) is 3. The van der Waals surface area contributed by atoms with Gasteiger partial charge in [0.15, 0.2) is 5.82 Å². The van der Waals surface area contributed by atoms with Crippen LogP contribution in [0.1, 0.15) is 48.8 Å². The Morgan fingerprint density at radius 2 is 1.96 bits per heavy atom. The highest BCUT2D eigenvalue weighted by atomic mass is 16.5. The minimum atomic E-state index is 0.528. The van der Waals surface area contributed by atoms with Crippen LogP contribution in [0, 0.1) is 6.92 Å². The van der Waals surface area contributed by atoms with Crippen molar-refractivity contribution in [1.82, 2.24) is 20.1 Å². The maximum absolute atomic E-state index is 5.75. The van der Waals surface area contributed by atoms with Crippen molar-refractivity contribution in [2.75, 3.05) is 26.2 Å². The minimum absolute atomic E-state index is 0.528. The molecule has 1 aliphatic heterocycles. The molecule has 1 aromatic carbocycles. The highest BCUT2D eigenvalue weighted by molar-refractivity contribution is 5.13. The fourth-order valence-corrected chi connectivity index (χ4v) is 3.26. The van der Waals surface area contributed by atoms with Gasteiger partial charge in [0, 0.05) is 12.5 Å². The van der Waals surface area contributed by atoms with Crippen LogP contribution in [-0.2, 0) is 11.3 Å². The second-order valence-corrected chi connectivity index (χ2v) is 6.64. The van der Waals surface area contributed by atoms with Gasteiger partial charge >= 0.3 is 0 Å². The largest absolute Gasteiger partial charge is 0.377 e. The summed E-state index contributed by atoms with van der Waals surface area (Å²) in [6.07, 6.45) is 4.68. The van der Waals surface area contributed by atoms with Crippen molar-refractivity contribution in [3.63, 3.8) is 0 Å². The lowest BCUT2D eigenvalue weighted by Gasteiger charge is -2.30. The second kappa shape index (κ2) is 8.94. The molecule has 2 aromatic rings. The van der Waals surface area contributed by atoms with Gasteiger partial charge in [0.2, 0.25) is 0 Å². The molecule has 1 N–H and O–H groups in total. The molecule has 24 heavy (non-hydrogen) atoms. The molecule has 1 aromatic heterocycles. The topological polar surface area (TPSA) is 54.0 Å². The molecule has 5 heteroatoms. The lowest BCUT2D eigenvalue weighted by molar-refractivity contribution is 0.112. The van der Waals surface area contributed by atoms with E-state index in [1.807, 2.05) is 13.0 Å². The van der Waals surface area contributed by atoms with Crippen LogP contribution < -0.4 is 0 Å². The monoisotopic (exact) mass is 328 g/mol. The van der Waals surface area contributed by atoms with Gasteiger partial charge in [0.05, 0.1) is 6.61 Å². The number of H-pyrrole nitrogens is 1. The smallest absolute Gasteiger partial charge is 0.153 e. The summed E-state index contributed by atoms with van der Waals surface area (Å²) in [5.41, 5.74) is 1.25. The third-order valence-electron chi connectivity index (χ3n) is 4.69. The van der Waals surface area contributed by atoms with Crippen LogP contribution in [0.2, 0.25) is 0 Å². The third-order valence-corrected chi connectivity index (χ3v) is 4.69. The highest BCUT2D eigenvalue weighted by Gasteiger charge is 2.22. The first-order valence-electron chi connectivity index (χ1n) is 9.04. The van der Waals surface area contributed by atoms with E-state index in [4.69, 9.17) is 4.74 Å². The second-order valence-electron chi connectivity index (χ2n) is 6.64. The molecule has 1 fully saturated rings. The molecule has 0 saturated carbocycles. The zero-order chi connectivity index (χ0) is 16.6. The van der Waals surface area contributed by atoms with Crippen molar-refractivity contribution in [3.05, 3.63) is 47.5 Å². The number of hydrogen-bond donors (Lipinski definition) is 1. The Bertz CT molecular complexity index is 590. The fraction of sp³-hybridized carbons (Fsp3) is 0.579. The summed E-state index contributed by atoms with van der Waals surface area (Å²) in [7, 11) is 0. The Kier molecular flexibility index (Phi) is 6.38. The summed E-state index contributed by atoms with van der Waals surface area (Å²) in [5.74, 6) is 2.45. The molecule has 130 valence electrons. The number of aromatic amines is 1. The number of benzene rings is 1. The van der Waals surface area contributed by atoms with Crippen LogP contribution in [0.25, 0.3) is 0 Å². The molecule has 3 rings (SSSR count). The number of piperidine rings is 1. The lowest BCUT2D eigenvalue weighted by Crippen LogP contribution is -2.34. The van der Waals surface area contributed by atoms with Crippen molar-refractivity contribution in [3.8, 4) is 0 Å². The number of ether oxygens (including phenoxy) is 1. The molecular formula is C19H28N4O. The van der Waals surface area contributed by atoms with Gasteiger partial charge < -0.3 is 9.64 Å². The number of rotatable bonds is 8. The van der Waals surface area contributed by atoms with Crippen molar-refractivity contribution in [1.29, 1.82) is 0 Å². The summed E-state index contributed by atoms with van der Waals surface area (Å²) < 4.78 is 5.75. The number of hydrogen-bond acceptors (Lipinski definition) is 4. The van der Waals surface area contributed by atoms with Gasteiger partial charge in [-0.2, -0.15) is 5.10 Å². The Hall–Kier alpha value is -1.72. The zero-order valence-corrected chi connectivity index (χ0v) is 14.6. The van der Waals surface area contributed by atoms with E-state index in [0.717, 1.165) is 44.4 Å². The van der Waals surface area contributed by atoms with E-state index in [-0.39, 0.29) is 0 Å². The molecule has 0 radical (unpaired) electrons. The SMILES string of the molecule is Cc1nc(C2CCN(CCCCOCc3ccccc3)CC2)n[nH]1. The summed E-state index contributed by atoms with van der Waals surface area (Å²) in [6, 6.07) is 10.4.